The van der Waals surface area contributed by atoms with Gasteiger partial charge >= 0.3 is 0 Å². The maximum Gasteiger partial charge on any atom is 0.220 e. The van der Waals surface area contributed by atoms with Crippen molar-refractivity contribution in [3.05, 3.63) is 0 Å². The molecule has 76 valence electrons. The van der Waals surface area contributed by atoms with Gasteiger partial charge in [-0.2, -0.15) is 0 Å². The minimum absolute atomic E-state index is 0.0450. The highest BCUT2D eigenvalue weighted by Gasteiger charge is 1.98. The van der Waals surface area contributed by atoms with Crippen molar-refractivity contribution in [1.82, 2.24) is 5.32 Å². The fourth-order valence-electron chi connectivity index (χ4n) is 0.750. The summed E-state index contributed by atoms with van der Waals surface area (Å²) in [6.07, 6.45) is 4.45. The minimum atomic E-state index is 0.0450. The van der Waals surface area contributed by atoms with Crippen LogP contribution in [0.4, 0.5) is 0 Å². The highest BCUT2D eigenvalue weighted by atomic mass is 33.1. The Balaban J connectivity index is 3.15. The van der Waals surface area contributed by atoms with E-state index in [0.717, 1.165) is 12.0 Å². The lowest BCUT2D eigenvalue weighted by atomic mass is 10.2. The summed E-state index contributed by atoms with van der Waals surface area (Å²) < 4.78 is 0. The molecular formula is C8H15NO2S2. The Morgan fingerprint density at radius 3 is 2.92 bits per heavy atom. The summed E-state index contributed by atoms with van der Waals surface area (Å²) in [5.74, 6) is 0.976. The summed E-state index contributed by atoms with van der Waals surface area (Å²) in [6, 6.07) is 0. The number of aldehydes is 1. The summed E-state index contributed by atoms with van der Waals surface area (Å²) in [7, 11) is 3.42. The monoisotopic (exact) mass is 221 g/mol. The first-order valence-corrected chi connectivity index (χ1v) is 6.90. The molecule has 0 radical (unpaired) electrons. The number of hydrogen-bond acceptors (Lipinski definition) is 4. The van der Waals surface area contributed by atoms with E-state index in [1.54, 1.807) is 21.6 Å². The molecule has 0 spiro atoms. The summed E-state index contributed by atoms with van der Waals surface area (Å²) in [5, 5.41) is 2.79. The van der Waals surface area contributed by atoms with Crippen LogP contribution in [0.1, 0.15) is 19.3 Å². The Morgan fingerprint density at radius 1 is 1.54 bits per heavy atom. The first-order chi connectivity index (χ1) is 6.31. The molecule has 0 rings (SSSR count). The molecule has 0 saturated carbocycles. The van der Waals surface area contributed by atoms with Gasteiger partial charge in [-0.15, -0.1) is 0 Å². The SMILES string of the molecule is CSSCCNC(=O)CCCC=O. The highest BCUT2D eigenvalue weighted by Crippen LogP contribution is 2.14. The fraction of sp³-hybridized carbons (Fsp3) is 0.750. The van der Waals surface area contributed by atoms with Crippen LogP contribution < -0.4 is 5.32 Å². The average Bonchev–Trinajstić information content (AvgIpc) is 2.13. The van der Waals surface area contributed by atoms with E-state index in [2.05, 4.69) is 5.32 Å². The molecule has 5 heteroatoms. The summed E-state index contributed by atoms with van der Waals surface area (Å²) >= 11 is 0. The first-order valence-electron chi connectivity index (χ1n) is 4.17. The molecule has 0 aliphatic carbocycles. The third-order valence-corrected chi connectivity index (χ3v) is 3.16. The number of carbonyl (C=O) groups is 2. The normalized spacial score (nSPS) is 9.62. The molecule has 0 saturated heterocycles. The molecule has 0 atom stereocenters. The van der Waals surface area contributed by atoms with Gasteiger partial charge < -0.3 is 10.1 Å². The molecule has 0 unspecified atom stereocenters. The smallest absolute Gasteiger partial charge is 0.220 e. The topological polar surface area (TPSA) is 46.2 Å². The van der Waals surface area contributed by atoms with Crippen LogP contribution in [-0.2, 0) is 9.59 Å². The first kappa shape index (κ1) is 12.8. The zero-order chi connectivity index (χ0) is 9.94. The standard InChI is InChI=1S/C8H15NO2S2/c1-12-13-7-5-9-8(11)4-2-3-6-10/h6H,2-5,7H2,1H3,(H,9,11). The van der Waals surface area contributed by atoms with Gasteiger partial charge in [0.25, 0.3) is 0 Å². The Bertz CT molecular complexity index is 153. The van der Waals surface area contributed by atoms with Crippen molar-refractivity contribution in [3.8, 4) is 0 Å². The van der Waals surface area contributed by atoms with Crippen molar-refractivity contribution in [2.45, 2.75) is 19.3 Å². The molecule has 0 heterocycles. The molecule has 0 aliphatic rings. The molecule has 3 nitrogen and oxygen atoms in total. The molecule has 0 fully saturated rings. The van der Waals surface area contributed by atoms with E-state index in [0.29, 0.717) is 25.8 Å². The van der Waals surface area contributed by atoms with Crippen LogP contribution in [0.15, 0.2) is 0 Å². The highest BCUT2D eigenvalue weighted by molar-refractivity contribution is 8.76. The number of rotatable bonds is 8. The van der Waals surface area contributed by atoms with Crippen LogP contribution >= 0.6 is 21.6 Å². The van der Waals surface area contributed by atoms with Gasteiger partial charge in [-0.25, -0.2) is 0 Å². The fourth-order valence-corrected chi connectivity index (χ4v) is 1.85. The van der Waals surface area contributed by atoms with Crippen molar-refractivity contribution >= 4 is 33.8 Å². The van der Waals surface area contributed by atoms with Crippen molar-refractivity contribution < 1.29 is 9.59 Å². The number of carbonyl (C=O) groups excluding carboxylic acids is 2. The van der Waals surface area contributed by atoms with Crippen LogP contribution in [0.2, 0.25) is 0 Å². The van der Waals surface area contributed by atoms with Crippen LogP contribution in [0.5, 0.6) is 0 Å². The van der Waals surface area contributed by atoms with Crippen LogP contribution in [0.25, 0.3) is 0 Å². The van der Waals surface area contributed by atoms with Gasteiger partial charge in [0.15, 0.2) is 0 Å². The second-order valence-electron chi connectivity index (χ2n) is 2.40. The van der Waals surface area contributed by atoms with Gasteiger partial charge in [-0.05, 0) is 12.7 Å². The molecule has 13 heavy (non-hydrogen) atoms. The molecule has 0 aliphatic heterocycles. The maximum atomic E-state index is 11.0. The molecule has 1 amide bonds. The molecule has 0 aromatic rings. The average molecular weight is 221 g/mol. The lowest BCUT2D eigenvalue weighted by Gasteiger charge is -2.02. The molecule has 1 N–H and O–H groups in total. The quantitative estimate of drug-likeness (QED) is 0.383. The molecule has 0 aromatic carbocycles. The lowest BCUT2D eigenvalue weighted by molar-refractivity contribution is -0.121. The largest absolute Gasteiger partial charge is 0.355 e. The van der Waals surface area contributed by atoms with Gasteiger partial charge in [0, 0.05) is 25.1 Å². The number of hydrogen-bond donors (Lipinski definition) is 1. The lowest BCUT2D eigenvalue weighted by Crippen LogP contribution is -2.25. The zero-order valence-electron chi connectivity index (χ0n) is 7.75. The van der Waals surface area contributed by atoms with E-state index in [-0.39, 0.29) is 5.91 Å². The molecule has 0 bridgehead atoms. The summed E-state index contributed by atoms with van der Waals surface area (Å²) in [4.78, 5) is 21.0. The van der Waals surface area contributed by atoms with E-state index in [9.17, 15) is 9.59 Å². The summed E-state index contributed by atoms with van der Waals surface area (Å²) in [6.45, 7) is 0.714. The van der Waals surface area contributed by atoms with Crippen molar-refractivity contribution in [2.24, 2.45) is 0 Å². The van der Waals surface area contributed by atoms with Crippen molar-refractivity contribution in [3.63, 3.8) is 0 Å². The molecular weight excluding hydrogens is 206 g/mol. The second-order valence-corrected chi connectivity index (χ2v) is 5.08. The third kappa shape index (κ3) is 9.76. The minimum Gasteiger partial charge on any atom is -0.355 e. The van der Waals surface area contributed by atoms with Crippen molar-refractivity contribution in [1.29, 1.82) is 0 Å². The van der Waals surface area contributed by atoms with Gasteiger partial charge in [0.1, 0.15) is 6.29 Å². The van der Waals surface area contributed by atoms with E-state index >= 15 is 0 Å². The number of amides is 1. The maximum absolute atomic E-state index is 11.0. The van der Waals surface area contributed by atoms with E-state index in [1.807, 2.05) is 6.26 Å². The van der Waals surface area contributed by atoms with Crippen LogP contribution in [0, 0.1) is 0 Å². The number of nitrogens with one attached hydrogen (secondary N) is 1. The number of unbranched alkanes of at least 4 members (excludes halogenated alkanes) is 1. The van der Waals surface area contributed by atoms with E-state index < -0.39 is 0 Å². The zero-order valence-corrected chi connectivity index (χ0v) is 9.38. The Morgan fingerprint density at radius 2 is 2.31 bits per heavy atom. The van der Waals surface area contributed by atoms with E-state index in [1.165, 1.54) is 0 Å². The van der Waals surface area contributed by atoms with Crippen LogP contribution in [0.3, 0.4) is 0 Å². The Kier molecular flexibility index (Phi) is 9.80. The van der Waals surface area contributed by atoms with E-state index in [4.69, 9.17) is 0 Å². The van der Waals surface area contributed by atoms with Crippen molar-refractivity contribution in [2.75, 3.05) is 18.6 Å². The predicted octanol–water partition coefficient (Wildman–Crippen LogP) is 1.48. The van der Waals surface area contributed by atoms with Gasteiger partial charge in [0.2, 0.25) is 5.91 Å². The predicted molar refractivity (Wildman–Crippen MR) is 58.9 cm³/mol. The third-order valence-electron chi connectivity index (χ3n) is 1.35. The molecule has 0 aromatic heterocycles. The van der Waals surface area contributed by atoms with Gasteiger partial charge in [-0.3, -0.25) is 4.79 Å². The second kappa shape index (κ2) is 9.92. The Hall–Kier alpha value is -0.160. The van der Waals surface area contributed by atoms with Gasteiger partial charge in [-0.1, -0.05) is 21.6 Å². The van der Waals surface area contributed by atoms with Crippen LogP contribution in [-0.4, -0.2) is 30.7 Å². The van der Waals surface area contributed by atoms with Gasteiger partial charge in [0.05, 0.1) is 0 Å². The summed E-state index contributed by atoms with van der Waals surface area (Å²) in [5.41, 5.74) is 0. The Labute approximate surface area is 86.8 Å².